The fourth-order valence-electron chi connectivity index (χ4n) is 1.78. The molecule has 0 amide bonds. The largest absolute Gasteiger partial charge is 0.313 e. The summed E-state index contributed by atoms with van der Waals surface area (Å²) >= 11 is 4.27. The first-order valence-electron chi connectivity index (χ1n) is 5.92. The molecule has 0 aromatic heterocycles. The lowest BCUT2D eigenvalue weighted by Gasteiger charge is -2.30. The highest BCUT2D eigenvalue weighted by molar-refractivity contribution is 8.06. The Morgan fingerprint density at radius 1 is 1.53 bits per heavy atom. The maximum atomic E-state index is 3.82. The number of hydrogen-bond donors (Lipinski definition) is 1. The Balaban J connectivity index is 2.33. The van der Waals surface area contributed by atoms with Crippen LogP contribution in [0.1, 0.15) is 26.2 Å². The van der Waals surface area contributed by atoms with E-state index in [2.05, 4.69) is 42.3 Å². The Morgan fingerprint density at radius 2 is 2.40 bits per heavy atom. The summed E-state index contributed by atoms with van der Waals surface area (Å²) in [5, 5.41) is 4.51. The van der Waals surface area contributed by atoms with Crippen molar-refractivity contribution in [2.75, 3.05) is 23.8 Å². The van der Waals surface area contributed by atoms with Crippen molar-refractivity contribution in [3.8, 4) is 0 Å². The van der Waals surface area contributed by atoms with Crippen LogP contribution in [0, 0.1) is 0 Å². The maximum absolute atomic E-state index is 3.82. The summed E-state index contributed by atoms with van der Waals surface area (Å²) in [5.74, 6) is 3.99. The molecule has 1 fully saturated rings. The number of allylic oxidation sites excluding steroid dienone is 1. The molecule has 0 spiro atoms. The summed E-state index contributed by atoms with van der Waals surface area (Å²) < 4.78 is 0. The molecule has 0 bridgehead atoms. The van der Waals surface area contributed by atoms with Gasteiger partial charge >= 0.3 is 0 Å². The summed E-state index contributed by atoms with van der Waals surface area (Å²) in [6.07, 6.45) is 5.67. The van der Waals surface area contributed by atoms with Crippen LogP contribution in [0.4, 0.5) is 0 Å². The van der Waals surface area contributed by atoms with Crippen molar-refractivity contribution in [2.45, 2.75) is 37.5 Å². The minimum absolute atomic E-state index is 0.695. The molecule has 88 valence electrons. The van der Waals surface area contributed by atoms with Crippen LogP contribution in [0.2, 0.25) is 0 Å². The van der Waals surface area contributed by atoms with Crippen LogP contribution in [-0.4, -0.2) is 35.1 Å². The maximum Gasteiger partial charge on any atom is 0.0292 e. The Labute approximate surface area is 103 Å². The Hall–Kier alpha value is 0.400. The fourth-order valence-corrected chi connectivity index (χ4v) is 4.71. The first-order chi connectivity index (χ1) is 7.38. The second-order valence-electron chi connectivity index (χ2n) is 3.91. The van der Waals surface area contributed by atoms with Crippen LogP contribution in [0.15, 0.2) is 12.7 Å². The predicted molar refractivity (Wildman–Crippen MR) is 75.1 cm³/mol. The zero-order chi connectivity index (χ0) is 10.9. The van der Waals surface area contributed by atoms with Gasteiger partial charge in [-0.25, -0.2) is 0 Å². The van der Waals surface area contributed by atoms with Gasteiger partial charge in [0.25, 0.3) is 0 Å². The fraction of sp³-hybridized carbons (Fsp3) is 0.833. The molecule has 1 rings (SSSR count). The first-order valence-corrected chi connectivity index (χ1v) is 8.12. The lowest BCUT2D eigenvalue weighted by atomic mass is 10.1. The number of thioether (sulfide) groups is 2. The third-order valence-electron chi connectivity index (χ3n) is 2.63. The van der Waals surface area contributed by atoms with Gasteiger partial charge in [-0.05, 0) is 25.8 Å². The van der Waals surface area contributed by atoms with E-state index in [0.29, 0.717) is 6.04 Å². The van der Waals surface area contributed by atoms with E-state index in [1.54, 1.807) is 0 Å². The highest BCUT2D eigenvalue weighted by atomic mass is 32.2. The molecule has 15 heavy (non-hydrogen) atoms. The highest BCUT2D eigenvalue weighted by Gasteiger charge is 2.23. The zero-order valence-corrected chi connectivity index (χ0v) is 11.3. The number of rotatable bonds is 7. The lowest BCUT2D eigenvalue weighted by Crippen LogP contribution is -2.41. The van der Waals surface area contributed by atoms with Gasteiger partial charge in [-0.3, -0.25) is 0 Å². The topological polar surface area (TPSA) is 12.0 Å². The monoisotopic (exact) mass is 245 g/mol. The average molecular weight is 245 g/mol. The Morgan fingerprint density at radius 3 is 3.00 bits per heavy atom. The van der Waals surface area contributed by atoms with E-state index in [9.17, 15) is 0 Å². The lowest BCUT2D eigenvalue weighted by molar-refractivity contribution is 0.482. The molecular formula is C12H23NS2. The molecule has 1 heterocycles. The van der Waals surface area contributed by atoms with Gasteiger partial charge in [0.15, 0.2) is 0 Å². The van der Waals surface area contributed by atoms with Crippen LogP contribution in [0.5, 0.6) is 0 Å². The van der Waals surface area contributed by atoms with Gasteiger partial charge in [0.05, 0.1) is 0 Å². The number of hydrogen-bond acceptors (Lipinski definition) is 3. The molecule has 2 atom stereocenters. The number of nitrogens with one attached hydrogen (secondary N) is 1. The molecule has 1 nitrogen and oxygen atoms in total. The molecule has 0 aromatic carbocycles. The van der Waals surface area contributed by atoms with E-state index >= 15 is 0 Å². The average Bonchev–Trinajstić information content (AvgIpc) is 2.30. The minimum atomic E-state index is 0.695. The molecular weight excluding hydrogens is 222 g/mol. The molecule has 3 heteroatoms. The predicted octanol–water partition coefficient (Wildman–Crippen LogP) is 3.17. The minimum Gasteiger partial charge on any atom is -0.313 e. The third-order valence-corrected chi connectivity index (χ3v) is 5.55. The summed E-state index contributed by atoms with van der Waals surface area (Å²) in [5.41, 5.74) is 0. The van der Waals surface area contributed by atoms with Crippen molar-refractivity contribution in [1.29, 1.82) is 0 Å². The van der Waals surface area contributed by atoms with Crippen LogP contribution in [-0.2, 0) is 0 Å². The van der Waals surface area contributed by atoms with Gasteiger partial charge in [-0.15, -0.1) is 6.58 Å². The van der Waals surface area contributed by atoms with Gasteiger partial charge in [0.2, 0.25) is 0 Å². The highest BCUT2D eigenvalue weighted by Crippen LogP contribution is 2.28. The molecule has 1 saturated heterocycles. The van der Waals surface area contributed by atoms with Crippen LogP contribution in [0.3, 0.4) is 0 Å². The first kappa shape index (κ1) is 13.5. The Bertz CT molecular complexity index is 167. The smallest absolute Gasteiger partial charge is 0.0292 e. The molecule has 1 N–H and O–H groups in total. The van der Waals surface area contributed by atoms with Gasteiger partial charge in [-0.1, -0.05) is 13.0 Å². The van der Waals surface area contributed by atoms with Crippen molar-refractivity contribution in [2.24, 2.45) is 0 Å². The van der Waals surface area contributed by atoms with Crippen LogP contribution >= 0.6 is 23.5 Å². The van der Waals surface area contributed by atoms with Gasteiger partial charge in [-0.2, -0.15) is 23.5 Å². The van der Waals surface area contributed by atoms with E-state index in [1.807, 2.05) is 6.08 Å². The van der Waals surface area contributed by atoms with E-state index in [0.717, 1.165) is 18.2 Å². The van der Waals surface area contributed by atoms with Crippen LogP contribution in [0.25, 0.3) is 0 Å². The second-order valence-corrected chi connectivity index (χ2v) is 6.41. The molecule has 0 aliphatic carbocycles. The zero-order valence-electron chi connectivity index (χ0n) is 9.71. The second kappa shape index (κ2) is 8.54. The van der Waals surface area contributed by atoms with E-state index in [1.165, 1.54) is 30.1 Å². The SMILES string of the molecule is C=CCCC(NCCC)C1CSCCS1. The van der Waals surface area contributed by atoms with Crippen LogP contribution < -0.4 is 5.32 Å². The molecule has 1 aliphatic heterocycles. The summed E-state index contributed by atoms with van der Waals surface area (Å²) in [4.78, 5) is 0. The van der Waals surface area contributed by atoms with Crippen molar-refractivity contribution >= 4 is 23.5 Å². The molecule has 1 aliphatic rings. The van der Waals surface area contributed by atoms with E-state index < -0.39 is 0 Å². The molecule has 0 saturated carbocycles. The van der Waals surface area contributed by atoms with Crippen molar-refractivity contribution < 1.29 is 0 Å². The van der Waals surface area contributed by atoms with E-state index in [4.69, 9.17) is 0 Å². The summed E-state index contributed by atoms with van der Waals surface area (Å²) in [6.45, 7) is 7.21. The standard InChI is InChI=1S/C12H23NS2/c1-3-5-6-11(13-7-4-2)12-10-14-8-9-15-12/h3,11-13H,1,4-10H2,2H3. The molecule has 0 aromatic rings. The van der Waals surface area contributed by atoms with E-state index in [-0.39, 0.29) is 0 Å². The third kappa shape index (κ3) is 5.32. The van der Waals surface area contributed by atoms with Crippen molar-refractivity contribution in [3.05, 3.63) is 12.7 Å². The normalized spacial score (nSPS) is 23.7. The van der Waals surface area contributed by atoms with Crippen molar-refractivity contribution in [3.63, 3.8) is 0 Å². The summed E-state index contributed by atoms with van der Waals surface area (Å²) in [6, 6.07) is 0.695. The molecule has 0 radical (unpaired) electrons. The van der Waals surface area contributed by atoms with Gasteiger partial charge in [0.1, 0.15) is 0 Å². The van der Waals surface area contributed by atoms with Crippen molar-refractivity contribution in [1.82, 2.24) is 5.32 Å². The Kier molecular flexibility index (Phi) is 7.67. The molecule has 2 unspecified atom stereocenters. The van der Waals surface area contributed by atoms with Gasteiger partial charge in [0, 0.05) is 28.6 Å². The quantitative estimate of drug-likeness (QED) is 0.692. The summed E-state index contributed by atoms with van der Waals surface area (Å²) in [7, 11) is 0. The van der Waals surface area contributed by atoms with Gasteiger partial charge < -0.3 is 5.32 Å².